The maximum absolute atomic E-state index is 12.8. The fourth-order valence-electron chi connectivity index (χ4n) is 3.27. The summed E-state index contributed by atoms with van der Waals surface area (Å²) in [6.07, 6.45) is 0.913. The molecule has 8 nitrogen and oxygen atoms in total. The highest BCUT2D eigenvalue weighted by Crippen LogP contribution is 2.18. The lowest BCUT2D eigenvalue weighted by Crippen LogP contribution is -2.49. The van der Waals surface area contributed by atoms with Crippen molar-refractivity contribution in [2.45, 2.75) is 13.3 Å². The number of amides is 1. The molecule has 1 saturated heterocycles. The number of ether oxygens (including phenoxy) is 1. The Morgan fingerprint density at radius 1 is 1.10 bits per heavy atom. The Kier molecular flexibility index (Phi) is 5.41. The first-order valence-corrected chi connectivity index (χ1v) is 9.69. The predicted molar refractivity (Wildman–Crippen MR) is 108 cm³/mol. The number of aromatic nitrogens is 2. The van der Waals surface area contributed by atoms with Gasteiger partial charge < -0.3 is 19.0 Å². The van der Waals surface area contributed by atoms with Gasteiger partial charge in [0, 0.05) is 38.3 Å². The average Bonchev–Trinajstić information content (AvgIpc) is 2.77. The molecule has 3 heterocycles. The van der Waals surface area contributed by atoms with Crippen LogP contribution in [0, 0.1) is 0 Å². The molecule has 0 atom stereocenters. The van der Waals surface area contributed by atoms with Gasteiger partial charge in [-0.05, 0) is 24.6 Å². The zero-order valence-corrected chi connectivity index (χ0v) is 16.2. The topological polar surface area (TPSA) is 88.8 Å². The van der Waals surface area contributed by atoms with E-state index in [1.165, 1.54) is 6.07 Å². The summed E-state index contributed by atoms with van der Waals surface area (Å²) < 4.78 is 11.1. The van der Waals surface area contributed by atoms with E-state index in [1.54, 1.807) is 35.2 Å². The van der Waals surface area contributed by atoms with Gasteiger partial charge in [0.05, 0.1) is 12.0 Å². The van der Waals surface area contributed by atoms with Crippen LogP contribution in [0.15, 0.2) is 51.7 Å². The fourth-order valence-corrected chi connectivity index (χ4v) is 3.27. The lowest BCUT2D eigenvalue weighted by molar-refractivity contribution is 0.0715. The number of fused-ring (bicyclic) bond motifs is 1. The van der Waals surface area contributed by atoms with Crippen LogP contribution in [0.25, 0.3) is 11.0 Å². The van der Waals surface area contributed by atoms with Crippen LogP contribution in [0.3, 0.4) is 0 Å². The van der Waals surface area contributed by atoms with E-state index in [9.17, 15) is 9.59 Å². The lowest BCUT2D eigenvalue weighted by Gasteiger charge is -2.34. The molecule has 8 heteroatoms. The Hall–Kier alpha value is -3.42. The van der Waals surface area contributed by atoms with Crippen LogP contribution in [0.2, 0.25) is 0 Å². The van der Waals surface area contributed by atoms with Crippen LogP contribution in [0.1, 0.15) is 23.9 Å². The Labute approximate surface area is 167 Å². The van der Waals surface area contributed by atoms with Gasteiger partial charge in [-0.3, -0.25) is 9.59 Å². The average molecular weight is 394 g/mol. The van der Waals surface area contributed by atoms with E-state index >= 15 is 0 Å². The molecule has 0 radical (unpaired) electrons. The molecule has 0 spiro atoms. The van der Waals surface area contributed by atoms with E-state index in [-0.39, 0.29) is 17.1 Å². The number of anilines is 1. The second-order valence-corrected chi connectivity index (χ2v) is 6.83. The third kappa shape index (κ3) is 4.06. The molecular formula is C21H22N4O4. The molecule has 0 aliphatic carbocycles. The zero-order chi connectivity index (χ0) is 20.2. The lowest BCUT2D eigenvalue weighted by atomic mass is 10.2. The van der Waals surface area contributed by atoms with Crippen LogP contribution in [-0.2, 0) is 0 Å². The highest BCUT2D eigenvalue weighted by atomic mass is 16.5. The normalized spacial score (nSPS) is 14.2. The van der Waals surface area contributed by atoms with Crippen molar-refractivity contribution < 1.29 is 13.9 Å². The van der Waals surface area contributed by atoms with Crippen molar-refractivity contribution in [1.82, 2.24) is 15.1 Å². The smallest absolute Gasteiger partial charge is 0.289 e. The first kappa shape index (κ1) is 18.9. The highest BCUT2D eigenvalue weighted by Gasteiger charge is 2.25. The molecule has 0 bridgehead atoms. The summed E-state index contributed by atoms with van der Waals surface area (Å²) in [6, 6.07) is 11.9. The molecule has 3 aromatic rings. The number of para-hydroxylation sites is 1. The molecule has 0 N–H and O–H groups in total. The number of carbonyl (C=O) groups excluding carboxylic acids is 1. The third-order valence-electron chi connectivity index (χ3n) is 4.82. The molecule has 1 aromatic carbocycles. The molecule has 2 aromatic heterocycles. The van der Waals surface area contributed by atoms with Crippen molar-refractivity contribution in [2.75, 3.05) is 37.7 Å². The molecule has 0 saturated carbocycles. The monoisotopic (exact) mass is 394 g/mol. The van der Waals surface area contributed by atoms with E-state index in [4.69, 9.17) is 9.15 Å². The second kappa shape index (κ2) is 8.30. The first-order valence-electron chi connectivity index (χ1n) is 9.69. The van der Waals surface area contributed by atoms with E-state index < -0.39 is 0 Å². The second-order valence-electron chi connectivity index (χ2n) is 6.83. The molecule has 1 fully saturated rings. The molecule has 1 amide bonds. The molecule has 4 rings (SSSR count). The van der Waals surface area contributed by atoms with Gasteiger partial charge in [-0.25, -0.2) is 0 Å². The Morgan fingerprint density at radius 2 is 1.90 bits per heavy atom. The van der Waals surface area contributed by atoms with Crippen molar-refractivity contribution in [2.24, 2.45) is 0 Å². The van der Waals surface area contributed by atoms with E-state index in [1.807, 2.05) is 13.0 Å². The summed E-state index contributed by atoms with van der Waals surface area (Å²) in [6.45, 7) is 4.89. The molecule has 29 heavy (non-hydrogen) atoms. The third-order valence-corrected chi connectivity index (χ3v) is 4.82. The van der Waals surface area contributed by atoms with E-state index in [0.717, 1.165) is 12.2 Å². The van der Waals surface area contributed by atoms with Crippen molar-refractivity contribution >= 4 is 22.7 Å². The van der Waals surface area contributed by atoms with Crippen molar-refractivity contribution in [1.29, 1.82) is 0 Å². The van der Waals surface area contributed by atoms with Crippen molar-refractivity contribution in [3.8, 4) is 5.88 Å². The highest BCUT2D eigenvalue weighted by molar-refractivity contribution is 5.93. The number of rotatable bonds is 5. The number of piperazine rings is 1. The van der Waals surface area contributed by atoms with Gasteiger partial charge in [0.1, 0.15) is 5.58 Å². The van der Waals surface area contributed by atoms with Crippen LogP contribution in [0.4, 0.5) is 5.82 Å². The van der Waals surface area contributed by atoms with E-state index in [2.05, 4.69) is 15.1 Å². The number of hydrogen-bond acceptors (Lipinski definition) is 7. The number of nitrogens with zero attached hydrogens (tertiary/aromatic N) is 4. The van der Waals surface area contributed by atoms with Crippen LogP contribution in [0.5, 0.6) is 5.88 Å². The van der Waals surface area contributed by atoms with Crippen molar-refractivity contribution in [3.63, 3.8) is 0 Å². The number of benzene rings is 1. The largest absolute Gasteiger partial charge is 0.477 e. The number of carbonyl (C=O) groups is 1. The summed E-state index contributed by atoms with van der Waals surface area (Å²) in [4.78, 5) is 28.8. The van der Waals surface area contributed by atoms with Gasteiger partial charge >= 0.3 is 0 Å². The fraction of sp³-hybridized carbons (Fsp3) is 0.333. The van der Waals surface area contributed by atoms with Gasteiger partial charge in [0.25, 0.3) is 5.91 Å². The Morgan fingerprint density at radius 3 is 2.62 bits per heavy atom. The van der Waals surface area contributed by atoms with Crippen LogP contribution >= 0.6 is 0 Å². The van der Waals surface area contributed by atoms with Gasteiger partial charge in [0.2, 0.25) is 5.88 Å². The standard InChI is InChI=1S/C21H22N4O4/c1-2-13-28-20-8-7-19(22-23-20)24-9-11-25(12-10-24)21(27)18-14-16(26)15-5-3-4-6-17(15)29-18/h3-8,14H,2,9-13H2,1H3. The maximum Gasteiger partial charge on any atom is 0.289 e. The van der Waals surface area contributed by atoms with Gasteiger partial charge in [-0.15, -0.1) is 10.2 Å². The van der Waals surface area contributed by atoms with Crippen LogP contribution in [-0.4, -0.2) is 53.8 Å². The minimum absolute atomic E-state index is 0.0689. The molecular weight excluding hydrogens is 372 g/mol. The summed E-state index contributed by atoms with van der Waals surface area (Å²) >= 11 is 0. The summed E-state index contributed by atoms with van der Waals surface area (Å²) in [5, 5.41) is 8.78. The van der Waals surface area contributed by atoms with Gasteiger partial charge in [0.15, 0.2) is 17.0 Å². The molecule has 150 valence electrons. The molecule has 0 unspecified atom stereocenters. The van der Waals surface area contributed by atoms with E-state index in [0.29, 0.717) is 49.6 Å². The number of hydrogen-bond donors (Lipinski definition) is 0. The Balaban J connectivity index is 1.41. The zero-order valence-electron chi connectivity index (χ0n) is 16.2. The molecule has 1 aliphatic heterocycles. The minimum Gasteiger partial charge on any atom is -0.477 e. The maximum atomic E-state index is 12.8. The predicted octanol–water partition coefficient (Wildman–Crippen LogP) is 2.33. The van der Waals surface area contributed by atoms with Crippen LogP contribution < -0.4 is 15.1 Å². The summed E-state index contributed by atoms with van der Waals surface area (Å²) in [5.41, 5.74) is 0.206. The quantitative estimate of drug-likeness (QED) is 0.656. The Bertz CT molecular complexity index is 1060. The SMILES string of the molecule is CCCOc1ccc(N2CCN(C(=O)c3cc(=O)c4ccccc4o3)CC2)nn1. The first-order chi connectivity index (χ1) is 14.2. The molecule has 1 aliphatic rings. The summed E-state index contributed by atoms with van der Waals surface area (Å²) in [5.74, 6) is 1.05. The minimum atomic E-state index is -0.276. The summed E-state index contributed by atoms with van der Waals surface area (Å²) in [7, 11) is 0. The van der Waals surface area contributed by atoms with Gasteiger partial charge in [-0.2, -0.15) is 0 Å². The van der Waals surface area contributed by atoms with Crippen molar-refractivity contribution in [3.05, 3.63) is 58.4 Å². The van der Waals surface area contributed by atoms with Gasteiger partial charge in [-0.1, -0.05) is 19.1 Å².